The standard InChI is InChI=1S/C54H63FN8O9S/c1-33-26-54(41-6-4-3-5-38(33)41)32-71-22-20-61(54)36-27-53(28-36)16-18-60(19-17-53)35-7-9-39(45(23-35)62-44-13-21-70-31-48(44)72-51-47(62)25-40-42(55)30-57-49(40)58-51)50(64)59-73(68,69)37-8-10-43(46(24-37)63(66)67)56-29-34-11-14-52(2,65)15-12-34/h3-10,23-25,30,33-34,36,44,48,56,65H,11-22,26-29,31-32H2,1-2H3,(H,57,58)(H,59,64)/t33-,34-,44-,48-,52-,54-/m0/s1. The minimum atomic E-state index is -4.67. The molecule has 5 aromatic rings. The number of H-pyrrole nitrogens is 1. The lowest BCUT2D eigenvalue weighted by Gasteiger charge is -2.60. The Bertz CT molecular complexity index is 3090. The topological polar surface area (TPSA) is 205 Å². The summed E-state index contributed by atoms with van der Waals surface area (Å²) in [5, 5.41) is 26.1. The molecule has 6 heterocycles. The number of carbonyl (C=O) groups is 1. The molecule has 12 rings (SSSR count). The average molecular weight is 1020 g/mol. The zero-order valence-electron chi connectivity index (χ0n) is 41.3. The Labute approximate surface area is 424 Å². The molecule has 3 aromatic carbocycles. The van der Waals surface area contributed by atoms with Crippen molar-refractivity contribution in [3.8, 4) is 5.88 Å². The van der Waals surface area contributed by atoms with Gasteiger partial charge in [0.15, 0.2) is 0 Å². The van der Waals surface area contributed by atoms with Crippen LogP contribution < -0.4 is 24.6 Å². The van der Waals surface area contributed by atoms with Crippen molar-refractivity contribution in [2.75, 3.05) is 67.7 Å². The fourth-order valence-corrected chi connectivity index (χ4v) is 14.6. The number of halogens is 1. The van der Waals surface area contributed by atoms with Crippen LogP contribution in [0.25, 0.3) is 11.0 Å². The normalized spacial score (nSPS) is 28.0. The van der Waals surface area contributed by atoms with Crippen molar-refractivity contribution in [2.24, 2.45) is 11.3 Å². The van der Waals surface area contributed by atoms with Crippen LogP contribution in [0, 0.1) is 27.3 Å². The van der Waals surface area contributed by atoms with Crippen LogP contribution in [0.15, 0.2) is 77.8 Å². The molecule has 4 N–H and O–H groups in total. The number of hydrogen-bond donors (Lipinski definition) is 4. The van der Waals surface area contributed by atoms with Crippen molar-refractivity contribution in [2.45, 2.75) is 118 Å². The summed E-state index contributed by atoms with van der Waals surface area (Å²) in [4.78, 5) is 40.6. The summed E-state index contributed by atoms with van der Waals surface area (Å²) < 4.78 is 64.5. The number of nitrogens with zero attached hydrogens (tertiary/aromatic N) is 5. The smallest absolute Gasteiger partial charge is 0.293 e. The average Bonchev–Trinajstić information content (AvgIpc) is 3.88. The monoisotopic (exact) mass is 1020 g/mol. The second-order valence-corrected chi connectivity index (χ2v) is 23.9. The van der Waals surface area contributed by atoms with Crippen molar-refractivity contribution in [3.63, 3.8) is 0 Å². The van der Waals surface area contributed by atoms with Crippen LogP contribution in [0.1, 0.15) is 105 Å². The van der Waals surface area contributed by atoms with Gasteiger partial charge in [0.25, 0.3) is 21.6 Å². The predicted molar refractivity (Wildman–Crippen MR) is 273 cm³/mol. The van der Waals surface area contributed by atoms with Crippen molar-refractivity contribution in [3.05, 3.63) is 106 Å². The maximum atomic E-state index is 15.3. The van der Waals surface area contributed by atoms with Gasteiger partial charge >= 0.3 is 0 Å². The molecule has 2 saturated carbocycles. The largest absolute Gasteiger partial charge is 0.468 e. The number of piperidine rings is 1. The molecular weight excluding hydrogens is 956 g/mol. The van der Waals surface area contributed by atoms with E-state index in [9.17, 15) is 28.4 Å². The van der Waals surface area contributed by atoms with Gasteiger partial charge in [0.05, 0.1) is 63.5 Å². The van der Waals surface area contributed by atoms with Gasteiger partial charge in [0.2, 0.25) is 5.88 Å². The lowest BCUT2D eigenvalue weighted by atomic mass is 9.59. The van der Waals surface area contributed by atoms with Gasteiger partial charge in [0, 0.05) is 56.8 Å². The number of nitrogens with one attached hydrogen (secondary N) is 3. The Morgan fingerprint density at radius 2 is 1.77 bits per heavy atom. The van der Waals surface area contributed by atoms with Crippen LogP contribution in [0.3, 0.4) is 0 Å². The number of rotatable bonds is 10. The summed E-state index contributed by atoms with van der Waals surface area (Å²) >= 11 is 0. The molecule has 73 heavy (non-hydrogen) atoms. The molecule has 4 aliphatic heterocycles. The lowest BCUT2D eigenvalue weighted by molar-refractivity contribution is -0.384. The number of fused-ring (bicyclic) bond motifs is 5. The summed E-state index contributed by atoms with van der Waals surface area (Å²) in [6, 6.07) is 19.6. The van der Waals surface area contributed by atoms with Gasteiger partial charge in [-0.15, -0.1) is 0 Å². The van der Waals surface area contributed by atoms with Crippen molar-refractivity contribution in [1.82, 2.24) is 19.6 Å². The number of aromatic nitrogens is 2. The quantitative estimate of drug-likeness (QED) is 0.0769. The number of nitro groups is 1. The highest BCUT2D eigenvalue weighted by Crippen LogP contribution is 2.57. The summed E-state index contributed by atoms with van der Waals surface area (Å²) in [6.45, 7) is 9.12. The molecule has 1 amide bonds. The zero-order chi connectivity index (χ0) is 50.4. The first kappa shape index (κ1) is 48.1. The van der Waals surface area contributed by atoms with Gasteiger partial charge in [-0.3, -0.25) is 19.8 Å². The van der Waals surface area contributed by atoms with E-state index in [-0.39, 0.29) is 51.6 Å². The number of nitro benzene ring substituents is 1. The van der Waals surface area contributed by atoms with E-state index in [0.717, 1.165) is 89.5 Å². The zero-order valence-corrected chi connectivity index (χ0v) is 42.1. The van der Waals surface area contributed by atoms with Gasteiger partial charge in [-0.1, -0.05) is 31.2 Å². The van der Waals surface area contributed by atoms with E-state index < -0.39 is 55.0 Å². The molecule has 3 saturated heterocycles. The Morgan fingerprint density at radius 1 is 0.973 bits per heavy atom. The molecular formula is C54H63FN8O9S. The minimum absolute atomic E-state index is 0.0249. The number of amides is 1. The maximum Gasteiger partial charge on any atom is 0.293 e. The van der Waals surface area contributed by atoms with E-state index in [1.807, 2.05) is 24.0 Å². The van der Waals surface area contributed by atoms with E-state index in [4.69, 9.17) is 14.2 Å². The molecule has 3 aliphatic carbocycles. The number of pyridine rings is 1. The first-order valence-corrected chi connectivity index (χ1v) is 27.4. The van der Waals surface area contributed by atoms with Gasteiger partial charge in [-0.25, -0.2) is 17.5 Å². The van der Waals surface area contributed by atoms with Crippen LogP contribution in [-0.2, 0) is 25.0 Å². The molecule has 0 bridgehead atoms. The number of anilines is 4. The van der Waals surface area contributed by atoms with E-state index in [1.54, 1.807) is 12.1 Å². The Morgan fingerprint density at radius 3 is 2.56 bits per heavy atom. The van der Waals surface area contributed by atoms with E-state index >= 15 is 4.39 Å². The number of carbonyl (C=O) groups excluding carboxylic acids is 1. The van der Waals surface area contributed by atoms with E-state index in [2.05, 4.69) is 61.0 Å². The summed E-state index contributed by atoms with van der Waals surface area (Å²) in [7, 11) is -4.67. The SMILES string of the molecule is C[C@H]1C[C@]2(COCCN2C2CC3(CCN(c4ccc(C(=O)NS(=O)(=O)c5ccc(NC[C@H]6CC[C@](C)(O)CC6)c([N+](=O)[O-])c5)c(N5c6cc7c(F)c[nH]c7nc6O[C@H]6COCC[C@@H]65)c4)CC3)C2)c2ccccc21. The minimum Gasteiger partial charge on any atom is -0.468 e. The molecule has 2 spiro atoms. The van der Waals surface area contributed by atoms with Gasteiger partial charge in [-0.2, -0.15) is 4.98 Å². The van der Waals surface area contributed by atoms with Crippen LogP contribution in [-0.4, -0.2) is 116 Å². The highest BCUT2D eigenvalue weighted by Gasteiger charge is 2.56. The van der Waals surface area contributed by atoms with Crippen LogP contribution >= 0.6 is 0 Å². The Hall–Kier alpha value is -5.86. The van der Waals surface area contributed by atoms with Crippen LogP contribution in [0.5, 0.6) is 5.88 Å². The van der Waals surface area contributed by atoms with Gasteiger partial charge in [0.1, 0.15) is 28.9 Å². The molecule has 386 valence electrons. The highest BCUT2D eigenvalue weighted by atomic mass is 32.2. The second kappa shape index (κ2) is 18.2. The first-order chi connectivity index (χ1) is 35.1. The number of hydrogen-bond acceptors (Lipinski definition) is 14. The van der Waals surface area contributed by atoms with Crippen LogP contribution in [0.2, 0.25) is 0 Å². The maximum absolute atomic E-state index is 15.3. The fraction of sp³-hybridized carbons (Fsp3) is 0.519. The lowest BCUT2D eigenvalue weighted by Crippen LogP contribution is -2.63. The highest BCUT2D eigenvalue weighted by molar-refractivity contribution is 7.90. The summed E-state index contributed by atoms with van der Waals surface area (Å²) in [5.74, 6) is -0.599. The first-order valence-electron chi connectivity index (χ1n) is 26.0. The summed E-state index contributed by atoms with van der Waals surface area (Å²) in [6.07, 6.45) is 9.21. The predicted octanol–water partition coefficient (Wildman–Crippen LogP) is 8.25. The van der Waals surface area contributed by atoms with E-state index in [0.29, 0.717) is 55.7 Å². The molecule has 0 unspecified atom stereocenters. The number of benzene rings is 3. The molecule has 5 fully saturated rings. The number of sulfonamides is 1. The third-order valence-corrected chi connectivity index (χ3v) is 18.9. The second-order valence-electron chi connectivity index (χ2n) is 22.2. The Kier molecular flexibility index (Phi) is 12.0. The third kappa shape index (κ3) is 8.57. The van der Waals surface area contributed by atoms with Crippen molar-refractivity contribution >= 4 is 55.4 Å². The number of ether oxygens (including phenoxy) is 3. The van der Waals surface area contributed by atoms with Gasteiger partial charge in [-0.05, 0) is 136 Å². The number of morpholine rings is 1. The molecule has 7 aliphatic rings. The number of aromatic amines is 1. The van der Waals surface area contributed by atoms with Crippen molar-refractivity contribution in [1.29, 1.82) is 0 Å². The number of aliphatic hydroxyl groups is 1. The molecule has 19 heteroatoms. The third-order valence-electron chi connectivity index (χ3n) is 17.6. The molecule has 0 radical (unpaired) electrons. The van der Waals surface area contributed by atoms with E-state index in [1.165, 1.54) is 29.5 Å². The molecule has 17 nitrogen and oxygen atoms in total. The molecule has 2 aromatic heterocycles. The Balaban J connectivity index is 0.829. The van der Waals surface area contributed by atoms with Crippen LogP contribution in [0.4, 0.5) is 32.8 Å². The fourth-order valence-electron chi connectivity index (χ4n) is 13.6. The summed E-state index contributed by atoms with van der Waals surface area (Å²) in [5.41, 5.74) is 3.90. The van der Waals surface area contributed by atoms with Gasteiger partial charge < -0.3 is 39.4 Å². The molecule has 4 atom stereocenters. The van der Waals surface area contributed by atoms with Crippen molar-refractivity contribution < 1.29 is 41.8 Å².